The number of rotatable bonds is 6. The summed E-state index contributed by atoms with van der Waals surface area (Å²) in [5.41, 5.74) is 0.493. The molecule has 6 heteroatoms. The molecule has 0 bridgehead atoms. The van der Waals surface area contributed by atoms with E-state index in [1.165, 1.54) is 6.07 Å². The lowest BCUT2D eigenvalue weighted by Gasteiger charge is -2.32. The Bertz CT molecular complexity index is 591. The van der Waals surface area contributed by atoms with Crippen LogP contribution in [0.2, 0.25) is 0 Å². The van der Waals surface area contributed by atoms with E-state index in [0.717, 1.165) is 31.4 Å². The van der Waals surface area contributed by atoms with Crippen LogP contribution >= 0.6 is 0 Å². The van der Waals surface area contributed by atoms with Crippen molar-refractivity contribution in [1.29, 1.82) is 0 Å². The molecule has 0 aliphatic carbocycles. The van der Waals surface area contributed by atoms with E-state index < -0.39 is 17.9 Å². The van der Waals surface area contributed by atoms with Gasteiger partial charge >= 0.3 is 0 Å². The highest BCUT2D eigenvalue weighted by atomic mass is 19.2. The molecule has 26 heavy (non-hydrogen) atoms. The molecule has 2 aliphatic rings. The van der Waals surface area contributed by atoms with Crippen LogP contribution in [0.5, 0.6) is 0 Å². The average molecular weight is 368 g/mol. The fourth-order valence-corrected chi connectivity index (χ4v) is 3.10. The molecule has 2 aliphatic heterocycles. The van der Waals surface area contributed by atoms with Crippen LogP contribution in [0.3, 0.4) is 0 Å². The van der Waals surface area contributed by atoms with Crippen LogP contribution in [0.25, 0.3) is 0 Å². The number of benzene rings is 1. The molecule has 1 aromatic carbocycles. The summed E-state index contributed by atoms with van der Waals surface area (Å²) >= 11 is 0. The van der Waals surface area contributed by atoms with Crippen molar-refractivity contribution in [1.82, 2.24) is 0 Å². The van der Waals surface area contributed by atoms with E-state index in [0.29, 0.717) is 37.9 Å². The zero-order chi connectivity index (χ0) is 18.4. The molecule has 2 heterocycles. The standard InChI is InChI=1S/C20H26F2O4/c1-2-3-4-14-10-23-19(24-11-14)8-5-15-12-25-20(26-13-15)16-6-7-17(21)18(22)9-16/h3-4,6-7,9,14-15,19-20H,2,5,8,10-13H2,1H3/b4-3+. The molecule has 144 valence electrons. The van der Waals surface area contributed by atoms with Gasteiger partial charge in [-0.25, -0.2) is 8.78 Å². The normalized spacial score (nSPS) is 30.0. The molecule has 0 spiro atoms. The van der Waals surface area contributed by atoms with E-state index in [4.69, 9.17) is 18.9 Å². The Hall–Kier alpha value is -1.34. The molecule has 0 unspecified atom stereocenters. The first-order chi connectivity index (χ1) is 12.7. The second kappa shape index (κ2) is 9.55. The van der Waals surface area contributed by atoms with Crippen molar-refractivity contribution in [3.05, 3.63) is 47.5 Å². The molecule has 2 saturated heterocycles. The average Bonchev–Trinajstić information content (AvgIpc) is 2.68. The van der Waals surface area contributed by atoms with Crippen molar-refractivity contribution >= 4 is 0 Å². The molecule has 0 atom stereocenters. The zero-order valence-corrected chi connectivity index (χ0v) is 15.0. The van der Waals surface area contributed by atoms with E-state index in [-0.39, 0.29) is 12.2 Å². The van der Waals surface area contributed by atoms with E-state index in [9.17, 15) is 8.78 Å². The van der Waals surface area contributed by atoms with Crippen molar-refractivity contribution in [3.8, 4) is 0 Å². The Morgan fingerprint density at radius 3 is 2.35 bits per heavy atom. The first-order valence-corrected chi connectivity index (χ1v) is 9.23. The minimum atomic E-state index is -0.893. The van der Waals surface area contributed by atoms with Gasteiger partial charge < -0.3 is 18.9 Å². The molecule has 0 N–H and O–H groups in total. The maximum atomic E-state index is 13.3. The van der Waals surface area contributed by atoms with E-state index in [1.807, 2.05) is 0 Å². The summed E-state index contributed by atoms with van der Waals surface area (Å²) < 4.78 is 49.2. The third kappa shape index (κ3) is 5.33. The second-order valence-electron chi connectivity index (χ2n) is 6.81. The summed E-state index contributed by atoms with van der Waals surface area (Å²) in [6.45, 7) is 4.51. The Morgan fingerprint density at radius 1 is 0.962 bits per heavy atom. The smallest absolute Gasteiger partial charge is 0.183 e. The third-order valence-corrected chi connectivity index (χ3v) is 4.63. The number of halogens is 2. The monoisotopic (exact) mass is 368 g/mol. The predicted octanol–water partition coefficient (Wildman–Crippen LogP) is 4.36. The van der Waals surface area contributed by atoms with Crippen molar-refractivity contribution in [2.75, 3.05) is 26.4 Å². The van der Waals surface area contributed by atoms with Crippen molar-refractivity contribution < 1.29 is 27.7 Å². The lowest BCUT2D eigenvalue weighted by Crippen LogP contribution is -2.33. The summed E-state index contributed by atoms with van der Waals surface area (Å²) in [4.78, 5) is 0. The van der Waals surface area contributed by atoms with Crippen molar-refractivity contribution in [2.24, 2.45) is 11.8 Å². The van der Waals surface area contributed by atoms with Gasteiger partial charge in [-0.1, -0.05) is 25.1 Å². The molecule has 3 rings (SSSR count). The van der Waals surface area contributed by atoms with E-state index in [1.54, 1.807) is 0 Å². The fourth-order valence-electron chi connectivity index (χ4n) is 3.10. The van der Waals surface area contributed by atoms with Crippen molar-refractivity contribution in [3.63, 3.8) is 0 Å². The van der Waals surface area contributed by atoms with Crippen LogP contribution in [0.1, 0.15) is 38.0 Å². The van der Waals surface area contributed by atoms with E-state index >= 15 is 0 Å². The maximum Gasteiger partial charge on any atom is 0.183 e. The van der Waals surface area contributed by atoms with Gasteiger partial charge in [0.15, 0.2) is 24.2 Å². The Labute approximate surface area is 153 Å². The number of ether oxygens (including phenoxy) is 4. The Balaban J connectivity index is 1.37. The van der Waals surface area contributed by atoms with Crippen LogP contribution in [0.15, 0.2) is 30.4 Å². The summed E-state index contributed by atoms with van der Waals surface area (Å²) in [6.07, 6.45) is 6.14. The Morgan fingerprint density at radius 2 is 1.69 bits per heavy atom. The second-order valence-corrected chi connectivity index (χ2v) is 6.81. The number of allylic oxidation sites excluding steroid dienone is 1. The molecule has 1 aromatic rings. The van der Waals surface area contributed by atoms with Crippen LogP contribution in [-0.2, 0) is 18.9 Å². The molecule has 4 nitrogen and oxygen atoms in total. The lowest BCUT2D eigenvalue weighted by atomic mass is 10.0. The van der Waals surface area contributed by atoms with Gasteiger partial charge in [0.1, 0.15) is 0 Å². The zero-order valence-electron chi connectivity index (χ0n) is 15.0. The molecule has 0 saturated carbocycles. The molecule has 0 amide bonds. The first-order valence-electron chi connectivity index (χ1n) is 9.23. The summed E-state index contributed by atoms with van der Waals surface area (Å²) in [5.74, 6) is -1.19. The van der Waals surface area contributed by atoms with Crippen LogP contribution < -0.4 is 0 Å². The highest BCUT2D eigenvalue weighted by molar-refractivity contribution is 5.19. The van der Waals surface area contributed by atoms with Crippen LogP contribution in [0.4, 0.5) is 8.78 Å². The summed E-state index contributed by atoms with van der Waals surface area (Å²) in [6, 6.07) is 3.69. The highest BCUT2D eigenvalue weighted by Crippen LogP contribution is 2.28. The SMILES string of the molecule is CC/C=C/C1COC(CCC2COC(c3ccc(F)c(F)c3)OC2)OC1. The minimum Gasteiger partial charge on any atom is -0.352 e. The molecule has 2 fully saturated rings. The molecule has 0 radical (unpaired) electrons. The summed E-state index contributed by atoms with van der Waals surface area (Å²) in [7, 11) is 0. The van der Waals surface area contributed by atoms with Gasteiger partial charge in [-0.2, -0.15) is 0 Å². The van der Waals surface area contributed by atoms with Gasteiger partial charge in [-0.3, -0.25) is 0 Å². The maximum absolute atomic E-state index is 13.3. The lowest BCUT2D eigenvalue weighted by molar-refractivity contribution is -0.217. The van der Waals surface area contributed by atoms with E-state index in [2.05, 4.69) is 19.1 Å². The molecular weight excluding hydrogens is 342 g/mol. The number of hydrogen-bond acceptors (Lipinski definition) is 4. The predicted molar refractivity (Wildman–Crippen MR) is 92.3 cm³/mol. The minimum absolute atomic E-state index is 0.176. The van der Waals surface area contributed by atoms with Crippen LogP contribution in [0, 0.1) is 23.5 Å². The first kappa shape index (κ1) is 19.4. The third-order valence-electron chi connectivity index (χ3n) is 4.63. The topological polar surface area (TPSA) is 36.9 Å². The van der Waals surface area contributed by atoms with Gasteiger partial charge in [0, 0.05) is 17.4 Å². The number of hydrogen-bond donors (Lipinski definition) is 0. The van der Waals surface area contributed by atoms with Gasteiger partial charge in [0.05, 0.1) is 26.4 Å². The van der Waals surface area contributed by atoms with Gasteiger partial charge in [-0.05, 0) is 31.4 Å². The quantitative estimate of drug-likeness (QED) is 0.699. The van der Waals surface area contributed by atoms with Gasteiger partial charge in [0.2, 0.25) is 0 Å². The Kier molecular flexibility index (Phi) is 7.14. The highest BCUT2D eigenvalue weighted by Gasteiger charge is 2.26. The summed E-state index contributed by atoms with van der Waals surface area (Å²) in [5, 5.41) is 0. The van der Waals surface area contributed by atoms with Gasteiger partial charge in [-0.15, -0.1) is 0 Å². The molecule has 0 aromatic heterocycles. The van der Waals surface area contributed by atoms with Crippen LogP contribution in [-0.4, -0.2) is 32.7 Å². The van der Waals surface area contributed by atoms with Crippen molar-refractivity contribution in [2.45, 2.75) is 38.8 Å². The largest absolute Gasteiger partial charge is 0.352 e. The van der Waals surface area contributed by atoms with Gasteiger partial charge in [0.25, 0.3) is 0 Å². The molecular formula is C20H26F2O4. The fraction of sp³-hybridized carbons (Fsp3) is 0.600.